The van der Waals surface area contributed by atoms with Gasteiger partial charge in [0.05, 0.1) is 6.07 Å². The van der Waals surface area contributed by atoms with Gasteiger partial charge in [-0.25, -0.2) is 9.97 Å². The van der Waals surface area contributed by atoms with Gasteiger partial charge in [0.15, 0.2) is 0 Å². The highest BCUT2D eigenvalue weighted by molar-refractivity contribution is 5.27. The zero-order chi connectivity index (χ0) is 10.5. The van der Waals surface area contributed by atoms with Crippen LogP contribution in [0.4, 0.5) is 5.95 Å². The zero-order valence-electron chi connectivity index (χ0n) is 8.61. The summed E-state index contributed by atoms with van der Waals surface area (Å²) in [7, 11) is 0. The molecule has 0 amide bonds. The Labute approximate surface area is 89.4 Å². The van der Waals surface area contributed by atoms with Gasteiger partial charge in [-0.3, -0.25) is 0 Å². The molecule has 2 rings (SSSR count). The van der Waals surface area contributed by atoms with E-state index in [-0.39, 0.29) is 6.54 Å². The summed E-state index contributed by atoms with van der Waals surface area (Å²) in [5.74, 6) is 1.19. The Balaban J connectivity index is 2.00. The lowest BCUT2D eigenvalue weighted by atomic mass is 10.0. The number of rotatable bonds is 3. The fraction of sp³-hybridized carbons (Fsp3) is 0.545. The lowest BCUT2D eigenvalue weighted by Gasteiger charge is -2.08. The van der Waals surface area contributed by atoms with Crippen molar-refractivity contribution >= 4 is 5.95 Å². The van der Waals surface area contributed by atoms with Crippen LogP contribution in [-0.2, 0) is 0 Å². The second-order valence-electron chi connectivity index (χ2n) is 3.83. The summed E-state index contributed by atoms with van der Waals surface area (Å²) in [5.41, 5.74) is 1.23. The van der Waals surface area contributed by atoms with Crippen molar-refractivity contribution in [3.8, 4) is 6.07 Å². The van der Waals surface area contributed by atoms with Crippen LogP contribution in [0.3, 0.4) is 0 Å². The van der Waals surface area contributed by atoms with E-state index in [1.807, 2.05) is 18.5 Å². The maximum absolute atomic E-state index is 8.39. The average molecular weight is 202 g/mol. The maximum Gasteiger partial charge on any atom is 0.223 e. The smallest absolute Gasteiger partial charge is 0.223 e. The number of hydrogen-bond acceptors (Lipinski definition) is 4. The summed E-state index contributed by atoms with van der Waals surface area (Å²) < 4.78 is 0. The largest absolute Gasteiger partial charge is 0.341 e. The Bertz CT molecular complexity index is 346. The number of aromatic nitrogens is 2. The second kappa shape index (κ2) is 4.74. The molecule has 0 saturated heterocycles. The van der Waals surface area contributed by atoms with E-state index in [4.69, 9.17) is 5.26 Å². The Morgan fingerprint density at radius 2 is 2.00 bits per heavy atom. The van der Waals surface area contributed by atoms with Crippen molar-refractivity contribution < 1.29 is 0 Å². The van der Waals surface area contributed by atoms with Gasteiger partial charge in [0, 0.05) is 12.4 Å². The first-order valence-electron chi connectivity index (χ1n) is 5.33. The fourth-order valence-corrected chi connectivity index (χ4v) is 2.02. The van der Waals surface area contributed by atoms with Crippen molar-refractivity contribution in [2.24, 2.45) is 0 Å². The van der Waals surface area contributed by atoms with Crippen LogP contribution < -0.4 is 5.32 Å². The molecule has 1 N–H and O–H groups in total. The minimum atomic E-state index is 0.253. The van der Waals surface area contributed by atoms with E-state index in [2.05, 4.69) is 15.3 Å². The molecule has 0 atom stereocenters. The Morgan fingerprint density at radius 3 is 2.60 bits per heavy atom. The first-order chi connectivity index (χ1) is 7.40. The van der Waals surface area contributed by atoms with Crippen LogP contribution in [0.5, 0.6) is 0 Å². The maximum atomic E-state index is 8.39. The van der Waals surface area contributed by atoms with Crippen LogP contribution >= 0.6 is 0 Å². The monoisotopic (exact) mass is 202 g/mol. The molecule has 0 bridgehead atoms. The molecule has 4 heteroatoms. The summed E-state index contributed by atoms with van der Waals surface area (Å²) in [4.78, 5) is 8.37. The molecule has 1 fully saturated rings. The van der Waals surface area contributed by atoms with Crippen molar-refractivity contribution in [1.29, 1.82) is 5.26 Å². The molecule has 1 saturated carbocycles. The molecule has 1 aliphatic carbocycles. The number of anilines is 1. The van der Waals surface area contributed by atoms with E-state index in [0.717, 1.165) is 0 Å². The molecule has 78 valence electrons. The summed E-state index contributed by atoms with van der Waals surface area (Å²) in [5, 5.41) is 11.2. The van der Waals surface area contributed by atoms with Gasteiger partial charge in [0.1, 0.15) is 6.54 Å². The number of nitriles is 1. The normalized spacial score (nSPS) is 16.2. The minimum Gasteiger partial charge on any atom is -0.341 e. The lowest BCUT2D eigenvalue weighted by molar-refractivity contribution is 0.714. The summed E-state index contributed by atoms with van der Waals surface area (Å²) in [6.45, 7) is 0.253. The SMILES string of the molecule is N#CCNc1ncc(C2CCCC2)cn1. The molecule has 1 heterocycles. The van der Waals surface area contributed by atoms with E-state index < -0.39 is 0 Å². The molecule has 0 aromatic carbocycles. The van der Waals surface area contributed by atoms with Gasteiger partial charge in [-0.05, 0) is 24.3 Å². The highest BCUT2D eigenvalue weighted by atomic mass is 15.1. The van der Waals surface area contributed by atoms with Crippen molar-refractivity contribution in [1.82, 2.24) is 9.97 Å². The quantitative estimate of drug-likeness (QED) is 0.762. The highest BCUT2D eigenvalue weighted by Crippen LogP contribution is 2.33. The third-order valence-electron chi connectivity index (χ3n) is 2.82. The van der Waals surface area contributed by atoms with E-state index in [9.17, 15) is 0 Å². The minimum absolute atomic E-state index is 0.253. The van der Waals surface area contributed by atoms with Crippen LogP contribution in [0, 0.1) is 11.3 Å². The second-order valence-corrected chi connectivity index (χ2v) is 3.83. The van der Waals surface area contributed by atoms with Crippen molar-refractivity contribution in [3.63, 3.8) is 0 Å². The van der Waals surface area contributed by atoms with Gasteiger partial charge < -0.3 is 5.32 Å². The number of nitrogens with zero attached hydrogens (tertiary/aromatic N) is 3. The van der Waals surface area contributed by atoms with E-state index >= 15 is 0 Å². The van der Waals surface area contributed by atoms with Gasteiger partial charge in [-0.15, -0.1) is 0 Å². The summed E-state index contributed by atoms with van der Waals surface area (Å²) in [6, 6.07) is 1.99. The molecule has 0 unspecified atom stereocenters. The lowest BCUT2D eigenvalue weighted by Crippen LogP contribution is -2.04. The molecule has 0 spiro atoms. The molecule has 0 aliphatic heterocycles. The Morgan fingerprint density at radius 1 is 1.33 bits per heavy atom. The molecule has 0 radical (unpaired) electrons. The van der Waals surface area contributed by atoms with Crippen molar-refractivity contribution in [2.75, 3.05) is 11.9 Å². The average Bonchev–Trinajstić information content (AvgIpc) is 2.80. The van der Waals surface area contributed by atoms with Crippen LogP contribution in [0.15, 0.2) is 12.4 Å². The van der Waals surface area contributed by atoms with Crippen LogP contribution in [0.2, 0.25) is 0 Å². The van der Waals surface area contributed by atoms with Crippen molar-refractivity contribution in [3.05, 3.63) is 18.0 Å². The molecule has 4 nitrogen and oxygen atoms in total. The van der Waals surface area contributed by atoms with E-state index in [1.54, 1.807) is 0 Å². The van der Waals surface area contributed by atoms with E-state index in [1.165, 1.54) is 31.2 Å². The number of nitrogens with one attached hydrogen (secondary N) is 1. The third kappa shape index (κ3) is 2.44. The predicted molar refractivity (Wildman–Crippen MR) is 57.3 cm³/mol. The van der Waals surface area contributed by atoms with Crippen LogP contribution in [0.25, 0.3) is 0 Å². The van der Waals surface area contributed by atoms with Gasteiger partial charge in [0.2, 0.25) is 5.95 Å². The summed E-state index contributed by atoms with van der Waals surface area (Å²) in [6.07, 6.45) is 8.91. The molecule has 1 aromatic heterocycles. The molecular formula is C11H14N4. The van der Waals surface area contributed by atoms with Crippen molar-refractivity contribution in [2.45, 2.75) is 31.6 Å². The third-order valence-corrected chi connectivity index (χ3v) is 2.82. The highest BCUT2D eigenvalue weighted by Gasteiger charge is 2.17. The van der Waals surface area contributed by atoms with Gasteiger partial charge in [0.25, 0.3) is 0 Å². The first-order valence-corrected chi connectivity index (χ1v) is 5.33. The molecular weight excluding hydrogens is 188 g/mol. The van der Waals surface area contributed by atoms with Crippen LogP contribution in [-0.4, -0.2) is 16.5 Å². The van der Waals surface area contributed by atoms with Gasteiger partial charge in [-0.1, -0.05) is 12.8 Å². The molecule has 1 aliphatic rings. The standard InChI is InChI=1S/C11H14N4/c12-5-6-13-11-14-7-10(8-15-11)9-3-1-2-4-9/h7-9H,1-4,6H2,(H,13,14,15). The number of hydrogen-bond donors (Lipinski definition) is 1. The van der Waals surface area contributed by atoms with Gasteiger partial charge in [-0.2, -0.15) is 5.26 Å². The Hall–Kier alpha value is -1.63. The first kappa shape index (κ1) is 9.91. The zero-order valence-corrected chi connectivity index (χ0v) is 8.61. The van der Waals surface area contributed by atoms with E-state index in [0.29, 0.717) is 11.9 Å². The fourth-order valence-electron chi connectivity index (χ4n) is 2.02. The Kier molecular flexibility index (Phi) is 3.13. The van der Waals surface area contributed by atoms with Crippen LogP contribution in [0.1, 0.15) is 37.2 Å². The summed E-state index contributed by atoms with van der Waals surface area (Å²) >= 11 is 0. The predicted octanol–water partition coefficient (Wildman–Crippen LogP) is 2.07. The molecule has 1 aromatic rings. The topological polar surface area (TPSA) is 61.6 Å². The van der Waals surface area contributed by atoms with Gasteiger partial charge >= 0.3 is 0 Å². The molecule has 15 heavy (non-hydrogen) atoms.